The fourth-order valence-corrected chi connectivity index (χ4v) is 1.62. The highest BCUT2D eigenvalue weighted by Crippen LogP contribution is 2.32. The molecule has 0 saturated heterocycles. The third kappa shape index (κ3) is 2.07. The van der Waals surface area contributed by atoms with Crippen LogP contribution < -0.4 is 4.74 Å². The molecule has 0 N–H and O–H groups in total. The van der Waals surface area contributed by atoms with Gasteiger partial charge >= 0.3 is 0 Å². The number of hydrogen-bond donors (Lipinski definition) is 0. The number of carbonyl (C=O) groups excluding carboxylic acids is 1. The van der Waals surface area contributed by atoms with E-state index in [-0.39, 0.29) is 0 Å². The molecular formula is C10H11NO2S. The predicted octanol–water partition coefficient (Wildman–Crippen LogP) is 2.16. The Hall–Kier alpha value is -1.03. The van der Waals surface area contributed by atoms with Crippen LogP contribution in [0.1, 0.15) is 23.3 Å². The van der Waals surface area contributed by atoms with Crippen LogP contribution in [0.15, 0.2) is 17.2 Å². The van der Waals surface area contributed by atoms with Gasteiger partial charge in [0.25, 0.3) is 0 Å². The molecule has 0 unspecified atom stereocenters. The van der Waals surface area contributed by atoms with Crippen molar-refractivity contribution in [2.24, 2.45) is 0 Å². The summed E-state index contributed by atoms with van der Waals surface area (Å²) in [7, 11) is 0. The standard InChI is InChI=1S/C10H11NO2S/c1-14-10-9(13-8-3-4-8)5-2-7(6-12)11-10/h2,5-6,8H,3-4H2,1H3. The van der Waals surface area contributed by atoms with Crippen LogP contribution in [0, 0.1) is 0 Å². The Bertz CT molecular complexity index is 350. The van der Waals surface area contributed by atoms with Crippen LogP contribution in [0.5, 0.6) is 5.75 Å². The molecule has 0 spiro atoms. The zero-order chi connectivity index (χ0) is 9.97. The summed E-state index contributed by atoms with van der Waals surface area (Å²) in [6.07, 6.45) is 5.30. The molecule has 1 aliphatic carbocycles. The van der Waals surface area contributed by atoms with E-state index in [1.165, 1.54) is 11.8 Å². The Kier molecular flexibility index (Phi) is 2.72. The fourth-order valence-electron chi connectivity index (χ4n) is 1.11. The van der Waals surface area contributed by atoms with E-state index >= 15 is 0 Å². The van der Waals surface area contributed by atoms with Crippen molar-refractivity contribution in [2.75, 3.05) is 6.26 Å². The largest absolute Gasteiger partial charge is 0.488 e. The van der Waals surface area contributed by atoms with Gasteiger partial charge in [0.2, 0.25) is 0 Å². The number of aromatic nitrogens is 1. The summed E-state index contributed by atoms with van der Waals surface area (Å²) in [6.45, 7) is 0. The summed E-state index contributed by atoms with van der Waals surface area (Å²) in [5.41, 5.74) is 0.456. The van der Waals surface area contributed by atoms with E-state index in [9.17, 15) is 4.79 Å². The predicted molar refractivity (Wildman–Crippen MR) is 55.1 cm³/mol. The Balaban J connectivity index is 2.23. The number of hydrogen-bond acceptors (Lipinski definition) is 4. The minimum absolute atomic E-state index is 0.366. The fraction of sp³-hybridized carbons (Fsp3) is 0.400. The minimum atomic E-state index is 0.366. The molecule has 0 aromatic carbocycles. The first-order chi connectivity index (χ1) is 6.83. The first-order valence-corrected chi connectivity index (χ1v) is 5.73. The average Bonchev–Trinajstić information content (AvgIpc) is 3.02. The van der Waals surface area contributed by atoms with Crippen LogP contribution in [0.2, 0.25) is 0 Å². The Morgan fingerprint density at radius 3 is 2.93 bits per heavy atom. The Labute approximate surface area is 86.9 Å². The van der Waals surface area contributed by atoms with Crippen molar-refractivity contribution >= 4 is 18.0 Å². The first kappa shape index (κ1) is 9.52. The summed E-state index contributed by atoms with van der Waals surface area (Å²) in [5, 5.41) is 0.793. The normalized spacial score (nSPS) is 15.2. The van der Waals surface area contributed by atoms with E-state index < -0.39 is 0 Å². The van der Waals surface area contributed by atoms with Crippen molar-refractivity contribution in [2.45, 2.75) is 24.0 Å². The molecule has 0 aliphatic heterocycles. The number of aldehydes is 1. The van der Waals surface area contributed by atoms with Crippen LogP contribution in [0.4, 0.5) is 0 Å². The van der Waals surface area contributed by atoms with Gasteiger partial charge in [-0.15, -0.1) is 11.8 Å². The highest BCUT2D eigenvalue weighted by atomic mass is 32.2. The lowest BCUT2D eigenvalue weighted by Crippen LogP contribution is -1.99. The number of rotatable bonds is 4. The van der Waals surface area contributed by atoms with Gasteiger partial charge in [-0.3, -0.25) is 4.79 Å². The maximum absolute atomic E-state index is 10.5. The summed E-state index contributed by atoms with van der Waals surface area (Å²) in [5.74, 6) is 0.797. The molecule has 4 heteroatoms. The molecule has 0 bridgehead atoms. The van der Waals surface area contributed by atoms with Gasteiger partial charge in [0, 0.05) is 0 Å². The summed E-state index contributed by atoms with van der Waals surface area (Å²) in [6, 6.07) is 3.51. The lowest BCUT2D eigenvalue weighted by Gasteiger charge is -2.07. The van der Waals surface area contributed by atoms with E-state index in [1.54, 1.807) is 6.07 Å². The third-order valence-electron chi connectivity index (χ3n) is 1.98. The lowest BCUT2D eigenvalue weighted by atomic mass is 10.3. The third-order valence-corrected chi connectivity index (χ3v) is 2.66. The molecule has 0 amide bonds. The Morgan fingerprint density at radius 1 is 1.57 bits per heavy atom. The van der Waals surface area contributed by atoms with Gasteiger partial charge in [0.15, 0.2) is 12.0 Å². The smallest absolute Gasteiger partial charge is 0.168 e. The maximum Gasteiger partial charge on any atom is 0.168 e. The Morgan fingerprint density at radius 2 is 2.36 bits per heavy atom. The van der Waals surface area contributed by atoms with Crippen molar-refractivity contribution in [1.29, 1.82) is 0 Å². The highest BCUT2D eigenvalue weighted by Gasteiger charge is 2.24. The second-order valence-corrected chi connectivity index (χ2v) is 3.97. The quantitative estimate of drug-likeness (QED) is 0.562. The van der Waals surface area contributed by atoms with Crippen molar-refractivity contribution in [3.8, 4) is 5.75 Å². The van der Waals surface area contributed by atoms with Gasteiger partial charge in [0.1, 0.15) is 10.7 Å². The average molecular weight is 209 g/mol. The lowest BCUT2D eigenvalue weighted by molar-refractivity contribution is 0.111. The molecule has 1 aliphatic rings. The first-order valence-electron chi connectivity index (χ1n) is 4.50. The van der Waals surface area contributed by atoms with E-state index in [0.717, 1.165) is 29.9 Å². The zero-order valence-electron chi connectivity index (χ0n) is 7.90. The molecule has 3 nitrogen and oxygen atoms in total. The van der Waals surface area contributed by atoms with E-state index in [1.807, 2.05) is 12.3 Å². The van der Waals surface area contributed by atoms with Crippen molar-refractivity contribution in [1.82, 2.24) is 4.98 Å². The number of nitrogens with zero attached hydrogens (tertiary/aromatic N) is 1. The van der Waals surface area contributed by atoms with Gasteiger partial charge in [-0.2, -0.15) is 0 Å². The molecule has 0 radical (unpaired) electrons. The van der Waals surface area contributed by atoms with Crippen molar-refractivity contribution < 1.29 is 9.53 Å². The monoisotopic (exact) mass is 209 g/mol. The SMILES string of the molecule is CSc1nc(C=O)ccc1OC1CC1. The van der Waals surface area contributed by atoms with Crippen LogP contribution in [-0.2, 0) is 0 Å². The molecule has 14 heavy (non-hydrogen) atoms. The van der Waals surface area contributed by atoms with Gasteiger partial charge < -0.3 is 4.74 Å². The van der Waals surface area contributed by atoms with Crippen molar-refractivity contribution in [3.63, 3.8) is 0 Å². The second-order valence-electron chi connectivity index (χ2n) is 3.18. The molecule has 1 aromatic heterocycles. The van der Waals surface area contributed by atoms with Gasteiger partial charge in [-0.25, -0.2) is 4.98 Å². The maximum atomic E-state index is 10.5. The number of ether oxygens (including phenoxy) is 1. The topological polar surface area (TPSA) is 39.2 Å². The molecular weight excluding hydrogens is 198 g/mol. The molecule has 1 fully saturated rings. The number of carbonyl (C=O) groups is 1. The zero-order valence-corrected chi connectivity index (χ0v) is 8.71. The molecule has 2 rings (SSSR count). The van der Waals surface area contributed by atoms with E-state index in [4.69, 9.17) is 4.74 Å². The van der Waals surface area contributed by atoms with E-state index in [2.05, 4.69) is 4.98 Å². The van der Waals surface area contributed by atoms with Crippen molar-refractivity contribution in [3.05, 3.63) is 17.8 Å². The van der Waals surface area contributed by atoms with E-state index in [0.29, 0.717) is 11.8 Å². The second kappa shape index (κ2) is 4.00. The summed E-state index contributed by atoms with van der Waals surface area (Å²) in [4.78, 5) is 14.7. The molecule has 1 heterocycles. The molecule has 1 aromatic rings. The van der Waals surface area contributed by atoms with Gasteiger partial charge in [-0.05, 0) is 31.2 Å². The van der Waals surface area contributed by atoms with Crippen LogP contribution >= 0.6 is 11.8 Å². The van der Waals surface area contributed by atoms with Crippen LogP contribution in [0.25, 0.3) is 0 Å². The number of pyridine rings is 1. The summed E-state index contributed by atoms with van der Waals surface area (Å²) < 4.78 is 5.65. The highest BCUT2D eigenvalue weighted by molar-refractivity contribution is 7.98. The summed E-state index contributed by atoms with van der Waals surface area (Å²) >= 11 is 1.50. The molecule has 74 valence electrons. The minimum Gasteiger partial charge on any atom is -0.488 e. The molecule has 0 atom stereocenters. The molecule has 1 saturated carbocycles. The van der Waals surface area contributed by atoms with Gasteiger partial charge in [-0.1, -0.05) is 0 Å². The van der Waals surface area contributed by atoms with Crippen LogP contribution in [0.3, 0.4) is 0 Å². The van der Waals surface area contributed by atoms with Crippen LogP contribution in [-0.4, -0.2) is 23.6 Å². The van der Waals surface area contributed by atoms with Gasteiger partial charge in [0.05, 0.1) is 6.10 Å². The number of thioether (sulfide) groups is 1.